The van der Waals surface area contributed by atoms with Gasteiger partial charge in [0.05, 0.1) is 0 Å². The van der Waals surface area contributed by atoms with Crippen molar-refractivity contribution < 1.29 is 9.59 Å². The summed E-state index contributed by atoms with van der Waals surface area (Å²) < 4.78 is 0. The highest BCUT2D eigenvalue weighted by Crippen LogP contribution is 2.08. The fraction of sp³-hybridized carbons (Fsp3) is 0.800. The first-order valence-corrected chi connectivity index (χ1v) is 5.07. The second-order valence-corrected chi connectivity index (χ2v) is 3.53. The van der Waals surface area contributed by atoms with Crippen LogP contribution < -0.4 is 0 Å². The molecule has 0 atom stereocenters. The third-order valence-corrected chi connectivity index (χ3v) is 2.42. The van der Waals surface area contributed by atoms with Crippen LogP contribution in [0, 0.1) is 0 Å². The lowest BCUT2D eigenvalue weighted by Crippen LogP contribution is -2.28. The van der Waals surface area contributed by atoms with Crippen molar-refractivity contribution >= 4 is 11.7 Å². The molecule has 0 saturated carbocycles. The molecule has 0 radical (unpaired) electrons. The van der Waals surface area contributed by atoms with Gasteiger partial charge in [-0.3, -0.25) is 9.59 Å². The average molecular weight is 183 g/mol. The molecule has 1 heterocycles. The van der Waals surface area contributed by atoms with Gasteiger partial charge in [0.2, 0.25) is 5.78 Å². The summed E-state index contributed by atoms with van der Waals surface area (Å²) in [5.74, 6) is -0.480. The van der Waals surface area contributed by atoms with E-state index >= 15 is 0 Å². The molecule has 3 heteroatoms. The molecule has 74 valence electrons. The van der Waals surface area contributed by atoms with Gasteiger partial charge < -0.3 is 4.90 Å². The zero-order valence-electron chi connectivity index (χ0n) is 8.21. The van der Waals surface area contributed by atoms with Crippen molar-refractivity contribution in [2.24, 2.45) is 0 Å². The number of rotatable bonds is 5. The van der Waals surface area contributed by atoms with Crippen molar-refractivity contribution in [3.05, 3.63) is 0 Å². The van der Waals surface area contributed by atoms with Gasteiger partial charge in [-0.05, 0) is 6.42 Å². The molecule has 0 spiro atoms. The summed E-state index contributed by atoms with van der Waals surface area (Å²) in [6, 6.07) is 0. The fourth-order valence-electron chi connectivity index (χ4n) is 1.56. The molecule has 0 unspecified atom stereocenters. The Hall–Kier alpha value is -0.860. The van der Waals surface area contributed by atoms with E-state index in [4.69, 9.17) is 0 Å². The van der Waals surface area contributed by atoms with Crippen LogP contribution in [0.2, 0.25) is 0 Å². The third-order valence-electron chi connectivity index (χ3n) is 2.42. The Morgan fingerprint density at radius 3 is 2.54 bits per heavy atom. The number of hydrogen-bond acceptors (Lipinski definition) is 2. The number of carbonyl (C=O) groups excluding carboxylic acids is 2. The zero-order valence-corrected chi connectivity index (χ0v) is 8.21. The van der Waals surface area contributed by atoms with Crippen molar-refractivity contribution in [3.63, 3.8) is 0 Å². The molecule has 0 N–H and O–H groups in total. The first-order valence-electron chi connectivity index (χ1n) is 5.07. The van der Waals surface area contributed by atoms with E-state index in [0.29, 0.717) is 13.0 Å². The summed E-state index contributed by atoms with van der Waals surface area (Å²) in [6.45, 7) is 3.57. The molecule has 0 aliphatic carbocycles. The summed E-state index contributed by atoms with van der Waals surface area (Å²) in [7, 11) is 0. The van der Waals surface area contributed by atoms with Crippen LogP contribution in [0.3, 0.4) is 0 Å². The maximum absolute atomic E-state index is 11.1. The quantitative estimate of drug-likeness (QED) is 0.477. The predicted octanol–water partition coefficient (Wildman–Crippen LogP) is 1.37. The van der Waals surface area contributed by atoms with E-state index in [1.807, 2.05) is 0 Å². The monoisotopic (exact) mass is 183 g/mol. The first kappa shape index (κ1) is 10.2. The molecular weight excluding hydrogens is 166 g/mol. The highest BCUT2D eigenvalue weighted by molar-refractivity contribution is 6.37. The molecule has 13 heavy (non-hydrogen) atoms. The molecule has 0 aromatic heterocycles. The Labute approximate surface area is 79.1 Å². The van der Waals surface area contributed by atoms with Gasteiger partial charge >= 0.3 is 0 Å². The molecule has 1 aliphatic rings. The van der Waals surface area contributed by atoms with E-state index in [0.717, 1.165) is 19.4 Å². The van der Waals surface area contributed by atoms with Gasteiger partial charge in [-0.1, -0.05) is 26.2 Å². The van der Waals surface area contributed by atoms with E-state index < -0.39 is 0 Å². The zero-order chi connectivity index (χ0) is 9.68. The maximum atomic E-state index is 11.1. The highest BCUT2D eigenvalue weighted by atomic mass is 16.2. The van der Waals surface area contributed by atoms with E-state index in [1.54, 1.807) is 4.90 Å². The number of hydrogen-bond donors (Lipinski definition) is 0. The Morgan fingerprint density at radius 1 is 1.23 bits per heavy atom. The SMILES string of the molecule is CCCCCCN1CCC(=O)C1=O. The number of amides is 1. The van der Waals surface area contributed by atoms with Gasteiger partial charge in [-0.2, -0.15) is 0 Å². The summed E-state index contributed by atoms with van der Waals surface area (Å²) in [5.41, 5.74) is 0. The Morgan fingerprint density at radius 2 is 2.00 bits per heavy atom. The first-order chi connectivity index (χ1) is 6.25. The molecule has 3 nitrogen and oxygen atoms in total. The second-order valence-electron chi connectivity index (χ2n) is 3.53. The predicted molar refractivity (Wildman–Crippen MR) is 50.3 cm³/mol. The molecule has 0 aromatic rings. The number of nitrogens with zero attached hydrogens (tertiary/aromatic N) is 1. The molecule has 1 rings (SSSR count). The van der Waals surface area contributed by atoms with Crippen molar-refractivity contribution in [2.75, 3.05) is 13.1 Å². The summed E-state index contributed by atoms with van der Waals surface area (Å²) in [4.78, 5) is 23.7. The van der Waals surface area contributed by atoms with Gasteiger partial charge in [-0.15, -0.1) is 0 Å². The van der Waals surface area contributed by atoms with Gasteiger partial charge in [0.15, 0.2) is 0 Å². The van der Waals surface area contributed by atoms with Crippen molar-refractivity contribution in [3.8, 4) is 0 Å². The van der Waals surface area contributed by atoms with Crippen LogP contribution in [-0.2, 0) is 9.59 Å². The number of likely N-dealkylation sites (tertiary alicyclic amines) is 1. The van der Waals surface area contributed by atoms with Gasteiger partial charge in [0, 0.05) is 19.5 Å². The topological polar surface area (TPSA) is 37.4 Å². The van der Waals surface area contributed by atoms with Gasteiger partial charge in [0.1, 0.15) is 0 Å². The lowest BCUT2D eigenvalue weighted by molar-refractivity contribution is -0.140. The lowest BCUT2D eigenvalue weighted by atomic mass is 10.2. The van der Waals surface area contributed by atoms with Crippen LogP contribution in [0.1, 0.15) is 39.0 Å². The normalized spacial score (nSPS) is 17.2. The Balaban J connectivity index is 2.15. The number of ketones is 1. The minimum atomic E-state index is -0.267. The van der Waals surface area contributed by atoms with Crippen LogP contribution in [-0.4, -0.2) is 29.7 Å². The minimum absolute atomic E-state index is 0.213. The van der Waals surface area contributed by atoms with Crippen LogP contribution in [0.25, 0.3) is 0 Å². The average Bonchev–Trinajstić information content (AvgIpc) is 2.43. The number of Topliss-reactive ketones (excluding diaryl/α,β-unsaturated/α-hetero) is 1. The van der Waals surface area contributed by atoms with Crippen LogP contribution in [0.4, 0.5) is 0 Å². The van der Waals surface area contributed by atoms with Crippen LogP contribution >= 0.6 is 0 Å². The molecule has 1 aliphatic heterocycles. The Bertz CT molecular complexity index is 201. The maximum Gasteiger partial charge on any atom is 0.290 e. The van der Waals surface area contributed by atoms with E-state index in [2.05, 4.69) is 6.92 Å². The van der Waals surface area contributed by atoms with Crippen LogP contribution in [0.15, 0.2) is 0 Å². The smallest absolute Gasteiger partial charge is 0.290 e. The standard InChI is InChI=1S/C10H17NO2/c1-2-3-4-5-7-11-8-6-9(12)10(11)13/h2-8H2,1H3. The van der Waals surface area contributed by atoms with Crippen LogP contribution in [0.5, 0.6) is 0 Å². The summed E-state index contributed by atoms with van der Waals surface area (Å²) in [5, 5.41) is 0. The van der Waals surface area contributed by atoms with E-state index in [-0.39, 0.29) is 11.7 Å². The molecular formula is C10H17NO2. The number of unbranched alkanes of at least 4 members (excludes halogenated alkanes) is 3. The molecule has 0 aromatic carbocycles. The third kappa shape index (κ3) is 2.83. The molecule has 1 fully saturated rings. The van der Waals surface area contributed by atoms with Crippen molar-refractivity contribution in [1.82, 2.24) is 4.90 Å². The van der Waals surface area contributed by atoms with Gasteiger partial charge in [0.25, 0.3) is 5.91 Å². The van der Waals surface area contributed by atoms with Crippen molar-refractivity contribution in [1.29, 1.82) is 0 Å². The Kier molecular flexibility index (Phi) is 3.93. The van der Waals surface area contributed by atoms with E-state index in [1.165, 1.54) is 12.8 Å². The molecule has 1 amide bonds. The minimum Gasteiger partial charge on any atom is -0.336 e. The largest absolute Gasteiger partial charge is 0.336 e. The summed E-state index contributed by atoms with van der Waals surface area (Å²) >= 11 is 0. The molecule has 0 bridgehead atoms. The molecule has 1 saturated heterocycles. The van der Waals surface area contributed by atoms with Crippen molar-refractivity contribution in [2.45, 2.75) is 39.0 Å². The summed E-state index contributed by atoms with van der Waals surface area (Å²) in [6.07, 6.45) is 5.04. The highest BCUT2D eigenvalue weighted by Gasteiger charge is 2.28. The van der Waals surface area contributed by atoms with E-state index in [9.17, 15) is 9.59 Å². The lowest BCUT2D eigenvalue weighted by Gasteiger charge is -2.13. The second kappa shape index (κ2) is 5.00. The fourth-order valence-corrected chi connectivity index (χ4v) is 1.56. The number of carbonyl (C=O) groups is 2. The van der Waals surface area contributed by atoms with Gasteiger partial charge in [-0.25, -0.2) is 0 Å².